The molecule has 2 saturated heterocycles. The van der Waals surface area contributed by atoms with Gasteiger partial charge in [-0.15, -0.1) is 0 Å². The van der Waals surface area contributed by atoms with Gasteiger partial charge < -0.3 is 58.3 Å². The molecule has 2 fully saturated rings. The van der Waals surface area contributed by atoms with E-state index in [2.05, 4.69) is 61.6 Å². The summed E-state index contributed by atoms with van der Waals surface area (Å²) in [6.45, 7) is 5.53. The number of hydrogen-bond donors (Lipinski definition) is 7. The van der Waals surface area contributed by atoms with Crippen molar-refractivity contribution in [3.63, 3.8) is 0 Å². The number of hydrogen-bond acceptors (Lipinski definition) is 9. The third-order valence-electron chi connectivity index (χ3n) is 19.2. The Kier molecular flexibility index (Phi) is 21.5. The summed E-state index contributed by atoms with van der Waals surface area (Å²) in [4.78, 5) is 108. The molecule has 7 N–H and O–H groups in total. The van der Waals surface area contributed by atoms with E-state index >= 15 is 0 Å². The van der Waals surface area contributed by atoms with Gasteiger partial charge in [-0.25, -0.2) is 4.79 Å². The van der Waals surface area contributed by atoms with Crippen LogP contribution in [0, 0.1) is 13.3 Å². The standard InChI is InChI=1S/C38H41N5O5.C31H36N4O3.CH4O.CH3.Pd.H2/c1-23(42(2)38(47)48-22-24-11-4-3-5-12-24)35(44)41-31-21-28-27-16-8-9-17-30(27)39-34(28)32-19-20-33(43(32)37(31)46)36(45)40-29-18-10-14-25-13-6-7-15-26(25)29;1-3-18(2)29(36)34-25-17-22-21-12-6-7-13-24(21)32-28(22)26-15-16-27(35(26)31(25)38)30(37)33-23-14-8-10-19-9-4-5-11-20(19)23;1-2;;;/h3-9,11-13,15-17,23,29,31-33,39H,10,14,18-22H2,1-2H3,(H,40,45)(H,41,44);4-7,9,11-13,18,23,25-27,32H,3,8,10,14-17H2,1-2H3,(H,33,37)(H,34,36);2H,1H3;1H3;;1H/q;;;-1;;/t23-,29+,31-,32+,33-;18-,23-,25+,26-,27+;;;;/m01..../s1. The largest absolute Gasteiger partial charge is 0.445 e. The normalized spacial score (nSPS) is 22.5. The number of carbonyl (C=O) groups is 7. The van der Waals surface area contributed by atoms with Crippen LogP contribution in [0.2, 0.25) is 0 Å². The number of ether oxygens (including phenoxy) is 1. The topological polar surface area (TPSA) is 238 Å². The summed E-state index contributed by atoms with van der Waals surface area (Å²) >= 11 is 0. The molecule has 18 nitrogen and oxygen atoms in total. The van der Waals surface area contributed by atoms with Crippen molar-refractivity contribution in [1.82, 2.24) is 45.9 Å². The zero-order valence-electron chi connectivity index (χ0n) is 52.2. The van der Waals surface area contributed by atoms with E-state index in [0.717, 1.165) is 101 Å². The average Bonchev–Trinajstić information content (AvgIpc) is 1.61. The van der Waals surface area contributed by atoms with Crippen LogP contribution in [0.5, 0.6) is 0 Å². The number of likely N-dealkylation sites (N-methyl/N-ethyl adjacent to an activating group) is 1. The Morgan fingerprint density at radius 3 is 1.50 bits per heavy atom. The Hall–Kier alpha value is -8.11. The number of H-pyrrole nitrogens is 2. The van der Waals surface area contributed by atoms with Crippen LogP contribution in [0.15, 0.2) is 127 Å². The molecule has 480 valence electrons. The van der Waals surface area contributed by atoms with Gasteiger partial charge >= 0.3 is 6.09 Å². The van der Waals surface area contributed by atoms with Crippen molar-refractivity contribution in [1.29, 1.82) is 0 Å². The van der Waals surface area contributed by atoms with Crippen molar-refractivity contribution in [2.75, 3.05) is 14.2 Å². The number of para-hydroxylation sites is 2. The number of aryl methyl sites for hydroxylation is 2. The van der Waals surface area contributed by atoms with Gasteiger partial charge in [-0.1, -0.05) is 129 Å². The molecule has 0 bridgehead atoms. The first-order chi connectivity index (χ1) is 42.8. The van der Waals surface area contributed by atoms with Crippen molar-refractivity contribution < 1.29 is 65.3 Å². The summed E-state index contributed by atoms with van der Waals surface area (Å²) in [5, 5.41) is 21.6. The van der Waals surface area contributed by atoms with Crippen molar-refractivity contribution in [3.05, 3.63) is 185 Å². The molecule has 2 aliphatic carbocycles. The van der Waals surface area contributed by atoms with Gasteiger partial charge in [0.05, 0.1) is 24.2 Å². The Labute approximate surface area is 542 Å². The SMILES string of the molecule is CC[C@@H](C)C(=O)N[C@H]1Cc2c([nH]c3ccccc23)[C@H]2CC[C@@H](C(=O)N[C@@H]3CCCc4ccccc43)N2C1=O.CO.C[C@@H](C(=O)N[C@H]1Cc2c([nH]c3ccccc23)[C@H]2CC[C@@H](C(=O)N[C@@H]3CCCc4ccccc43)N2C1=O)N(C)C(=O)OCc1ccccc1.[CH3-].[HH].[Pd]. The van der Waals surface area contributed by atoms with Crippen LogP contribution in [-0.4, -0.2) is 116 Å². The molecule has 0 unspecified atom stereocenters. The molecular weight excluding hydrogens is 1230 g/mol. The first-order valence-corrected chi connectivity index (χ1v) is 31.3. The van der Waals surface area contributed by atoms with Gasteiger partial charge in [-0.3, -0.25) is 33.7 Å². The molecule has 10 atom stereocenters. The summed E-state index contributed by atoms with van der Waals surface area (Å²) in [5.74, 6) is -1.53. The molecule has 19 heteroatoms. The van der Waals surface area contributed by atoms with Crippen molar-refractivity contribution in [2.24, 2.45) is 5.92 Å². The van der Waals surface area contributed by atoms with E-state index in [0.29, 0.717) is 38.5 Å². The number of carbonyl (C=O) groups excluding carboxylic acids is 7. The Morgan fingerprint density at radius 2 is 1.02 bits per heavy atom. The minimum Gasteiger partial charge on any atom is -0.445 e. The van der Waals surface area contributed by atoms with Gasteiger partial charge in [-0.2, -0.15) is 0 Å². The fourth-order valence-electron chi connectivity index (χ4n) is 14.2. The van der Waals surface area contributed by atoms with Gasteiger partial charge in [-0.05, 0) is 129 Å². The third-order valence-corrected chi connectivity index (χ3v) is 19.2. The fraction of sp³-hybridized carbons (Fsp3) is 0.408. The molecule has 4 aliphatic heterocycles. The minimum atomic E-state index is -0.930. The predicted molar refractivity (Wildman–Crippen MR) is 344 cm³/mol. The number of fused-ring (bicyclic) bond motifs is 12. The molecule has 5 aromatic carbocycles. The van der Waals surface area contributed by atoms with Crippen LogP contribution in [0.3, 0.4) is 0 Å². The van der Waals surface area contributed by atoms with Gasteiger partial charge in [0.1, 0.15) is 36.8 Å². The molecule has 0 radical (unpaired) electrons. The summed E-state index contributed by atoms with van der Waals surface area (Å²) in [5.41, 5.74) is 11.6. The van der Waals surface area contributed by atoms with Crippen LogP contribution < -0.4 is 21.3 Å². The molecule has 13 rings (SSSR count). The summed E-state index contributed by atoms with van der Waals surface area (Å²) in [7, 11) is 2.50. The van der Waals surface area contributed by atoms with Gasteiger partial charge in [0.2, 0.25) is 35.4 Å². The maximum absolute atomic E-state index is 14.5. The molecular formula is C71H86N9O9Pd-. The number of rotatable bonds is 12. The molecule has 90 heavy (non-hydrogen) atoms. The first-order valence-electron chi connectivity index (χ1n) is 31.3. The van der Waals surface area contributed by atoms with Crippen LogP contribution in [0.4, 0.5) is 4.79 Å². The van der Waals surface area contributed by atoms with Gasteiger partial charge in [0.15, 0.2) is 0 Å². The van der Waals surface area contributed by atoms with E-state index in [9.17, 15) is 33.6 Å². The van der Waals surface area contributed by atoms with Crippen LogP contribution in [0.25, 0.3) is 21.8 Å². The first kappa shape index (κ1) is 66.3. The molecule has 6 aliphatic rings. The summed E-state index contributed by atoms with van der Waals surface area (Å²) in [6, 6.07) is 37.4. The van der Waals surface area contributed by atoms with Gasteiger partial charge in [0, 0.05) is 88.0 Å². The van der Waals surface area contributed by atoms with Crippen molar-refractivity contribution in [2.45, 2.75) is 165 Å². The average molecular weight is 1320 g/mol. The second-order valence-electron chi connectivity index (χ2n) is 24.3. The molecule has 7 amide bonds. The van der Waals surface area contributed by atoms with Crippen LogP contribution in [-0.2, 0) is 86.2 Å². The maximum atomic E-state index is 14.5. The van der Waals surface area contributed by atoms with E-state index in [1.807, 2.05) is 111 Å². The van der Waals surface area contributed by atoms with Crippen LogP contribution in [0.1, 0.15) is 154 Å². The smallest absolute Gasteiger partial charge is 0.410 e. The monoisotopic (exact) mass is 1310 g/mol. The number of aromatic nitrogens is 2. The van der Waals surface area contributed by atoms with Crippen LogP contribution >= 0.6 is 0 Å². The third kappa shape index (κ3) is 13.4. The molecule has 2 aromatic heterocycles. The number of aliphatic hydroxyl groups is 1. The summed E-state index contributed by atoms with van der Waals surface area (Å²) in [6.07, 6.45) is 8.93. The Morgan fingerprint density at radius 1 is 0.589 bits per heavy atom. The molecule has 0 spiro atoms. The van der Waals surface area contributed by atoms with E-state index in [4.69, 9.17) is 9.84 Å². The number of nitrogens with zero attached hydrogens (tertiary/aromatic N) is 3. The Bertz CT molecular complexity index is 3740. The number of benzene rings is 5. The van der Waals surface area contributed by atoms with E-state index in [1.165, 1.54) is 28.6 Å². The quantitative estimate of drug-likeness (QED) is 0.0455. The van der Waals surface area contributed by atoms with Crippen molar-refractivity contribution >= 4 is 63.3 Å². The van der Waals surface area contributed by atoms with Gasteiger partial charge in [0.25, 0.3) is 0 Å². The van der Waals surface area contributed by atoms with E-state index in [1.54, 1.807) is 16.7 Å². The zero-order chi connectivity index (χ0) is 61.8. The molecule has 6 heterocycles. The predicted octanol–water partition coefficient (Wildman–Crippen LogP) is 9.87. The molecule has 7 aromatic rings. The second kappa shape index (κ2) is 29.2. The maximum Gasteiger partial charge on any atom is 0.410 e. The zero-order valence-corrected chi connectivity index (χ0v) is 53.7. The van der Waals surface area contributed by atoms with E-state index in [-0.39, 0.29) is 102 Å². The molecule has 0 saturated carbocycles. The number of amides is 7. The Balaban J connectivity index is 0.000000226. The van der Waals surface area contributed by atoms with E-state index < -0.39 is 42.2 Å². The fourth-order valence-corrected chi connectivity index (χ4v) is 14.2. The summed E-state index contributed by atoms with van der Waals surface area (Å²) < 4.78 is 5.44. The number of aliphatic hydroxyl groups excluding tert-OH is 1. The second-order valence-corrected chi connectivity index (χ2v) is 24.3. The number of aromatic amines is 2. The minimum absolute atomic E-state index is 0. The van der Waals surface area contributed by atoms with Crippen molar-refractivity contribution in [3.8, 4) is 0 Å². The number of nitrogens with one attached hydrogen (secondary N) is 6.